The number of rotatable bonds is 4. The molecule has 0 aliphatic heterocycles. The van der Waals surface area contributed by atoms with Crippen LogP contribution in [0.5, 0.6) is 5.75 Å². The van der Waals surface area contributed by atoms with Crippen molar-refractivity contribution in [1.82, 2.24) is 0 Å². The SMILES string of the molecule is CNc1ccc(C(=O)Nc2ccc(OC)cc2C)cc1. The summed E-state index contributed by atoms with van der Waals surface area (Å²) in [5.74, 6) is 0.653. The lowest BCUT2D eigenvalue weighted by molar-refractivity contribution is 0.102. The zero-order valence-corrected chi connectivity index (χ0v) is 11.9. The summed E-state index contributed by atoms with van der Waals surface area (Å²) < 4.78 is 5.15. The fraction of sp³-hybridized carbons (Fsp3) is 0.188. The molecule has 2 aromatic carbocycles. The van der Waals surface area contributed by atoms with E-state index >= 15 is 0 Å². The van der Waals surface area contributed by atoms with Gasteiger partial charge in [0.15, 0.2) is 0 Å². The van der Waals surface area contributed by atoms with Gasteiger partial charge in [0, 0.05) is 24.0 Å². The van der Waals surface area contributed by atoms with Gasteiger partial charge in [0.25, 0.3) is 5.91 Å². The molecule has 4 heteroatoms. The number of anilines is 2. The molecule has 2 N–H and O–H groups in total. The van der Waals surface area contributed by atoms with E-state index in [0.29, 0.717) is 5.56 Å². The van der Waals surface area contributed by atoms with Gasteiger partial charge in [-0.1, -0.05) is 0 Å². The van der Waals surface area contributed by atoms with Gasteiger partial charge in [0.2, 0.25) is 0 Å². The number of nitrogens with one attached hydrogen (secondary N) is 2. The third-order valence-electron chi connectivity index (χ3n) is 3.12. The smallest absolute Gasteiger partial charge is 0.255 e. The number of hydrogen-bond acceptors (Lipinski definition) is 3. The second-order valence-electron chi connectivity index (χ2n) is 4.46. The first-order valence-corrected chi connectivity index (χ1v) is 6.38. The molecule has 0 saturated carbocycles. The molecule has 0 bridgehead atoms. The fourth-order valence-electron chi connectivity index (χ4n) is 1.89. The Balaban J connectivity index is 2.14. The monoisotopic (exact) mass is 270 g/mol. The maximum atomic E-state index is 12.2. The molecular weight excluding hydrogens is 252 g/mol. The summed E-state index contributed by atoms with van der Waals surface area (Å²) in [4.78, 5) is 12.2. The summed E-state index contributed by atoms with van der Waals surface area (Å²) in [6.07, 6.45) is 0. The normalized spacial score (nSPS) is 9.95. The first-order valence-electron chi connectivity index (χ1n) is 6.38. The van der Waals surface area contributed by atoms with Crippen molar-refractivity contribution in [1.29, 1.82) is 0 Å². The molecule has 1 amide bonds. The Bertz CT molecular complexity index is 606. The number of methoxy groups -OCH3 is 1. The Morgan fingerprint density at radius 3 is 2.35 bits per heavy atom. The van der Waals surface area contributed by atoms with Crippen molar-refractivity contribution in [3.63, 3.8) is 0 Å². The summed E-state index contributed by atoms with van der Waals surface area (Å²) in [6, 6.07) is 12.9. The molecule has 2 rings (SSSR count). The average molecular weight is 270 g/mol. The summed E-state index contributed by atoms with van der Waals surface area (Å²) in [5, 5.41) is 5.92. The van der Waals surface area contributed by atoms with Gasteiger partial charge < -0.3 is 15.4 Å². The van der Waals surface area contributed by atoms with Crippen LogP contribution in [0.15, 0.2) is 42.5 Å². The zero-order chi connectivity index (χ0) is 14.5. The summed E-state index contributed by atoms with van der Waals surface area (Å²) in [5.41, 5.74) is 3.35. The largest absolute Gasteiger partial charge is 0.497 e. The highest BCUT2D eigenvalue weighted by Crippen LogP contribution is 2.21. The number of benzene rings is 2. The van der Waals surface area contributed by atoms with Gasteiger partial charge >= 0.3 is 0 Å². The molecule has 4 nitrogen and oxygen atoms in total. The lowest BCUT2D eigenvalue weighted by atomic mass is 10.1. The van der Waals surface area contributed by atoms with Gasteiger partial charge in [0.1, 0.15) is 5.75 Å². The van der Waals surface area contributed by atoms with Crippen molar-refractivity contribution >= 4 is 17.3 Å². The molecule has 2 aromatic rings. The van der Waals surface area contributed by atoms with Crippen molar-refractivity contribution in [2.45, 2.75) is 6.92 Å². The molecule has 0 heterocycles. The third-order valence-corrected chi connectivity index (χ3v) is 3.12. The number of carbonyl (C=O) groups excluding carboxylic acids is 1. The molecule has 0 aliphatic rings. The van der Waals surface area contributed by atoms with Crippen LogP contribution in [0.25, 0.3) is 0 Å². The lowest BCUT2D eigenvalue weighted by Gasteiger charge is -2.10. The zero-order valence-electron chi connectivity index (χ0n) is 11.9. The Labute approximate surface area is 118 Å². The minimum absolute atomic E-state index is 0.124. The van der Waals surface area contributed by atoms with E-state index < -0.39 is 0 Å². The quantitative estimate of drug-likeness (QED) is 0.896. The van der Waals surface area contributed by atoms with Gasteiger partial charge in [-0.2, -0.15) is 0 Å². The molecule has 0 aliphatic carbocycles. The second-order valence-corrected chi connectivity index (χ2v) is 4.46. The van der Waals surface area contributed by atoms with Gasteiger partial charge in [0.05, 0.1) is 7.11 Å². The Morgan fingerprint density at radius 2 is 1.80 bits per heavy atom. The van der Waals surface area contributed by atoms with E-state index in [9.17, 15) is 4.79 Å². The second kappa shape index (κ2) is 6.10. The van der Waals surface area contributed by atoms with Gasteiger partial charge in [-0.05, 0) is 55.0 Å². The van der Waals surface area contributed by atoms with Crippen LogP contribution in [-0.4, -0.2) is 20.1 Å². The van der Waals surface area contributed by atoms with Crippen molar-refractivity contribution < 1.29 is 9.53 Å². The van der Waals surface area contributed by atoms with Crippen molar-refractivity contribution in [2.75, 3.05) is 24.8 Å². The van der Waals surface area contributed by atoms with E-state index in [2.05, 4.69) is 10.6 Å². The van der Waals surface area contributed by atoms with Crippen LogP contribution in [0.3, 0.4) is 0 Å². The van der Waals surface area contributed by atoms with Gasteiger partial charge in [-0.25, -0.2) is 0 Å². The Kier molecular flexibility index (Phi) is 4.25. The van der Waals surface area contributed by atoms with E-state index in [4.69, 9.17) is 4.74 Å². The summed E-state index contributed by atoms with van der Waals surface area (Å²) in [7, 11) is 3.46. The molecule has 0 atom stereocenters. The Morgan fingerprint density at radius 1 is 1.10 bits per heavy atom. The summed E-state index contributed by atoms with van der Waals surface area (Å²) in [6.45, 7) is 1.93. The van der Waals surface area contributed by atoms with Gasteiger partial charge in [-0.3, -0.25) is 4.79 Å². The van der Waals surface area contributed by atoms with E-state index in [0.717, 1.165) is 22.7 Å². The average Bonchev–Trinajstić information content (AvgIpc) is 2.49. The standard InChI is InChI=1S/C16H18N2O2/c1-11-10-14(20-3)8-9-15(11)18-16(19)12-4-6-13(17-2)7-5-12/h4-10,17H,1-3H3,(H,18,19). The highest BCUT2D eigenvalue weighted by Gasteiger charge is 2.08. The molecular formula is C16H18N2O2. The molecule has 0 saturated heterocycles. The summed E-state index contributed by atoms with van der Waals surface area (Å²) >= 11 is 0. The Hall–Kier alpha value is -2.49. The predicted molar refractivity (Wildman–Crippen MR) is 81.7 cm³/mol. The molecule has 0 unspecified atom stereocenters. The minimum atomic E-state index is -0.124. The van der Waals surface area contributed by atoms with Crippen molar-refractivity contribution in [2.24, 2.45) is 0 Å². The predicted octanol–water partition coefficient (Wildman–Crippen LogP) is 3.30. The number of aryl methyl sites for hydroxylation is 1. The number of ether oxygens (including phenoxy) is 1. The van der Waals surface area contributed by atoms with Crippen molar-refractivity contribution in [3.8, 4) is 5.75 Å². The number of carbonyl (C=O) groups is 1. The maximum absolute atomic E-state index is 12.2. The molecule has 20 heavy (non-hydrogen) atoms. The number of amides is 1. The third kappa shape index (κ3) is 3.09. The molecule has 0 spiro atoms. The van der Waals surface area contributed by atoms with Crippen LogP contribution in [0.2, 0.25) is 0 Å². The molecule has 0 radical (unpaired) electrons. The van der Waals surface area contributed by atoms with Crippen LogP contribution < -0.4 is 15.4 Å². The van der Waals surface area contributed by atoms with Crippen LogP contribution in [0.4, 0.5) is 11.4 Å². The fourth-order valence-corrected chi connectivity index (χ4v) is 1.89. The van der Waals surface area contributed by atoms with Crippen LogP contribution >= 0.6 is 0 Å². The maximum Gasteiger partial charge on any atom is 0.255 e. The topological polar surface area (TPSA) is 50.4 Å². The van der Waals surface area contributed by atoms with Gasteiger partial charge in [-0.15, -0.1) is 0 Å². The van der Waals surface area contributed by atoms with E-state index in [1.165, 1.54) is 0 Å². The minimum Gasteiger partial charge on any atom is -0.497 e. The van der Waals surface area contributed by atoms with E-state index in [1.54, 1.807) is 19.2 Å². The number of hydrogen-bond donors (Lipinski definition) is 2. The first-order chi connectivity index (χ1) is 9.63. The van der Waals surface area contributed by atoms with Crippen LogP contribution in [-0.2, 0) is 0 Å². The van der Waals surface area contributed by atoms with E-state index in [-0.39, 0.29) is 5.91 Å². The first kappa shape index (κ1) is 13.9. The van der Waals surface area contributed by atoms with Crippen LogP contribution in [0.1, 0.15) is 15.9 Å². The van der Waals surface area contributed by atoms with E-state index in [1.807, 2.05) is 44.3 Å². The lowest BCUT2D eigenvalue weighted by Crippen LogP contribution is -2.12. The molecule has 104 valence electrons. The van der Waals surface area contributed by atoms with Crippen molar-refractivity contribution in [3.05, 3.63) is 53.6 Å². The van der Waals surface area contributed by atoms with Crippen LogP contribution in [0, 0.1) is 6.92 Å². The molecule has 0 aromatic heterocycles. The highest BCUT2D eigenvalue weighted by atomic mass is 16.5. The molecule has 0 fully saturated rings. The highest BCUT2D eigenvalue weighted by molar-refractivity contribution is 6.04.